The van der Waals surface area contributed by atoms with E-state index in [1.165, 1.54) is 0 Å². The Labute approximate surface area is 132 Å². The van der Waals surface area contributed by atoms with Crippen LogP contribution in [0.3, 0.4) is 0 Å². The van der Waals surface area contributed by atoms with Crippen molar-refractivity contribution in [3.63, 3.8) is 0 Å². The quantitative estimate of drug-likeness (QED) is 0.898. The van der Waals surface area contributed by atoms with Gasteiger partial charge in [0.15, 0.2) is 0 Å². The van der Waals surface area contributed by atoms with Crippen LogP contribution < -0.4 is 10.1 Å². The Balaban J connectivity index is 1.91. The highest BCUT2D eigenvalue weighted by atomic mass is 79.9. The van der Waals surface area contributed by atoms with Crippen molar-refractivity contribution in [1.82, 2.24) is 10.2 Å². The molecule has 0 unspecified atom stereocenters. The lowest BCUT2D eigenvalue weighted by Crippen LogP contribution is -2.53. The number of nitrogens with one attached hydrogen (secondary N) is 1. The maximum atomic E-state index is 12.3. The average Bonchev–Trinajstić information content (AvgIpc) is 2.51. The molecule has 0 spiro atoms. The molecule has 0 radical (unpaired) electrons. The van der Waals surface area contributed by atoms with Gasteiger partial charge in [0.05, 0.1) is 6.54 Å². The summed E-state index contributed by atoms with van der Waals surface area (Å²) in [4.78, 5) is 25.6. The first-order valence-electron chi connectivity index (χ1n) is 6.87. The van der Waals surface area contributed by atoms with Gasteiger partial charge in [-0.05, 0) is 38.1 Å². The number of benzene rings is 1. The third kappa shape index (κ3) is 4.20. The molecule has 1 heterocycles. The first kappa shape index (κ1) is 15.8. The summed E-state index contributed by atoms with van der Waals surface area (Å²) in [6, 6.07) is 7.53. The number of rotatable bonds is 4. The zero-order valence-corrected chi connectivity index (χ0v) is 13.8. The minimum Gasteiger partial charge on any atom is -0.492 e. The number of nitrogens with zero attached hydrogens (tertiary/aromatic N) is 1. The molecule has 5 nitrogen and oxygen atoms in total. The van der Waals surface area contributed by atoms with E-state index >= 15 is 0 Å². The summed E-state index contributed by atoms with van der Waals surface area (Å²) in [6.07, 6.45) is 0.327. The fraction of sp³-hybridized carbons (Fsp3) is 0.467. The Kier molecular flexibility index (Phi) is 4.88. The maximum Gasteiger partial charge on any atom is 0.247 e. The first-order valence-corrected chi connectivity index (χ1v) is 7.66. The molecule has 0 bridgehead atoms. The maximum absolute atomic E-state index is 12.3. The SMILES string of the molecule is CC1(C)NC(=O)CCN(CCOc2ccc(Br)cc2)C1=O. The van der Waals surface area contributed by atoms with Crippen molar-refractivity contribution in [3.05, 3.63) is 28.7 Å². The summed E-state index contributed by atoms with van der Waals surface area (Å²) < 4.78 is 6.62. The molecule has 1 aliphatic rings. The molecule has 2 rings (SSSR count). The summed E-state index contributed by atoms with van der Waals surface area (Å²) in [7, 11) is 0. The van der Waals surface area contributed by atoms with Crippen LogP contribution in [0.25, 0.3) is 0 Å². The third-order valence-corrected chi connectivity index (χ3v) is 3.85. The second-order valence-corrected chi connectivity index (χ2v) is 6.43. The highest BCUT2D eigenvalue weighted by molar-refractivity contribution is 9.10. The molecule has 0 saturated carbocycles. The molecule has 1 saturated heterocycles. The predicted octanol–water partition coefficient (Wildman–Crippen LogP) is 1.95. The van der Waals surface area contributed by atoms with Gasteiger partial charge in [-0.2, -0.15) is 0 Å². The number of halogens is 1. The minimum absolute atomic E-state index is 0.0762. The highest BCUT2D eigenvalue weighted by Gasteiger charge is 2.36. The van der Waals surface area contributed by atoms with E-state index in [0.717, 1.165) is 10.2 Å². The Hall–Kier alpha value is -1.56. The van der Waals surface area contributed by atoms with Gasteiger partial charge in [0, 0.05) is 17.4 Å². The van der Waals surface area contributed by atoms with Crippen LogP contribution in [0, 0.1) is 0 Å². The lowest BCUT2D eigenvalue weighted by atomic mass is 10.0. The average molecular weight is 355 g/mol. The van der Waals surface area contributed by atoms with Gasteiger partial charge in [-0.3, -0.25) is 9.59 Å². The highest BCUT2D eigenvalue weighted by Crippen LogP contribution is 2.17. The van der Waals surface area contributed by atoms with Crippen LogP contribution in [0.1, 0.15) is 20.3 Å². The summed E-state index contributed by atoms with van der Waals surface area (Å²) in [5, 5.41) is 2.74. The number of hydrogen-bond acceptors (Lipinski definition) is 3. The van der Waals surface area contributed by atoms with Gasteiger partial charge < -0.3 is 15.0 Å². The van der Waals surface area contributed by atoms with E-state index in [1.807, 2.05) is 24.3 Å². The third-order valence-electron chi connectivity index (χ3n) is 3.33. The van der Waals surface area contributed by atoms with Gasteiger partial charge in [0.25, 0.3) is 0 Å². The van der Waals surface area contributed by atoms with E-state index in [2.05, 4.69) is 21.2 Å². The molecule has 114 valence electrons. The topological polar surface area (TPSA) is 58.6 Å². The molecule has 1 aliphatic heterocycles. The smallest absolute Gasteiger partial charge is 0.247 e. The first-order chi connectivity index (χ1) is 9.88. The number of hydrogen-bond donors (Lipinski definition) is 1. The second kappa shape index (κ2) is 6.47. The zero-order chi connectivity index (χ0) is 15.5. The molecule has 0 aromatic heterocycles. The van der Waals surface area contributed by atoms with Crippen molar-refractivity contribution in [1.29, 1.82) is 0 Å². The van der Waals surface area contributed by atoms with Crippen LogP contribution in [-0.2, 0) is 9.59 Å². The fourth-order valence-corrected chi connectivity index (χ4v) is 2.48. The van der Waals surface area contributed by atoms with Crippen LogP contribution in [0.5, 0.6) is 5.75 Å². The summed E-state index contributed by atoms with van der Waals surface area (Å²) in [5.41, 5.74) is -0.856. The van der Waals surface area contributed by atoms with Crippen molar-refractivity contribution in [2.75, 3.05) is 19.7 Å². The zero-order valence-electron chi connectivity index (χ0n) is 12.2. The van der Waals surface area contributed by atoms with Crippen LogP contribution >= 0.6 is 15.9 Å². The van der Waals surface area contributed by atoms with Gasteiger partial charge in [-0.15, -0.1) is 0 Å². The lowest BCUT2D eigenvalue weighted by molar-refractivity contribution is -0.137. The van der Waals surface area contributed by atoms with E-state index < -0.39 is 5.54 Å². The van der Waals surface area contributed by atoms with Crippen LogP contribution in [-0.4, -0.2) is 41.9 Å². The molecule has 1 fully saturated rings. The van der Waals surface area contributed by atoms with Crippen molar-refractivity contribution in [2.24, 2.45) is 0 Å². The molecule has 6 heteroatoms. The Morgan fingerprint density at radius 3 is 2.62 bits per heavy atom. The van der Waals surface area contributed by atoms with E-state index in [4.69, 9.17) is 4.74 Å². The summed E-state index contributed by atoms with van der Waals surface area (Å²) in [5.74, 6) is 0.589. The molecule has 1 N–H and O–H groups in total. The molecular weight excluding hydrogens is 336 g/mol. The number of amides is 2. The minimum atomic E-state index is -0.856. The van der Waals surface area contributed by atoms with Crippen molar-refractivity contribution in [3.8, 4) is 5.75 Å². The van der Waals surface area contributed by atoms with Crippen molar-refractivity contribution in [2.45, 2.75) is 25.8 Å². The van der Waals surface area contributed by atoms with E-state index in [0.29, 0.717) is 26.1 Å². The van der Waals surface area contributed by atoms with Gasteiger partial charge >= 0.3 is 0 Å². The van der Waals surface area contributed by atoms with E-state index in [9.17, 15) is 9.59 Å². The number of carbonyl (C=O) groups excluding carboxylic acids is 2. The molecular formula is C15H19BrN2O3. The summed E-state index contributed by atoms with van der Waals surface area (Å²) >= 11 is 3.36. The number of ether oxygens (including phenoxy) is 1. The Morgan fingerprint density at radius 1 is 1.29 bits per heavy atom. The molecule has 0 aliphatic carbocycles. The van der Waals surface area contributed by atoms with E-state index in [-0.39, 0.29) is 11.8 Å². The lowest BCUT2D eigenvalue weighted by Gasteiger charge is -2.28. The van der Waals surface area contributed by atoms with Gasteiger partial charge in [0.2, 0.25) is 11.8 Å². The standard InChI is InChI=1S/C15H19BrN2O3/c1-15(2)14(20)18(8-7-13(19)17-15)9-10-21-12-5-3-11(16)4-6-12/h3-6H,7-10H2,1-2H3,(H,17,19). The van der Waals surface area contributed by atoms with Crippen molar-refractivity contribution < 1.29 is 14.3 Å². The fourth-order valence-electron chi connectivity index (χ4n) is 2.22. The van der Waals surface area contributed by atoms with Crippen LogP contribution in [0.2, 0.25) is 0 Å². The van der Waals surface area contributed by atoms with Crippen LogP contribution in [0.4, 0.5) is 0 Å². The predicted molar refractivity (Wildman–Crippen MR) is 83.1 cm³/mol. The Morgan fingerprint density at radius 2 is 1.95 bits per heavy atom. The number of carbonyl (C=O) groups is 2. The van der Waals surface area contributed by atoms with E-state index in [1.54, 1.807) is 18.7 Å². The molecule has 0 atom stereocenters. The molecule has 2 amide bonds. The molecule has 1 aromatic rings. The molecule has 21 heavy (non-hydrogen) atoms. The Bertz CT molecular complexity index is 528. The van der Waals surface area contributed by atoms with Gasteiger partial charge in [-0.1, -0.05) is 15.9 Å². The van der Waals surface area contributed by atoms with Crippen LogP contribution in [0.15, 0.2) is 28.7 Å². The normalized spacial score (nSPS) is 18.1. The molecule has 1 aromatic carbocycles. The van der Waals surface area contributed by atoms with Gasteiger partial charge in [-0.25, -0.2) is 0 Å². The largest absolute Gasteiger partial charge is 0.492 e. The second-order valence-electron chi connectivity index (χ2n) is 5.52. The summed E-state index contributed by atoms with van der Waals surface area (Å²) in [6.45, 7) is 4.74. The monoisotopic (exact) mass is 354 g/mol. The van der Waals surface area contributed by atoms with Crippen molar-refractivity contribution >= 4 is 27.7 Å². The van der Waals surface area contributed by atoms with Gasteiger partial charge in [0.1, 0.15) is 17.9 Å².